The summed E-state index contributed by atoms with van der Waals surface area (Å²) in [5, 5.41) is 13.9. The first-order valence-corrected chi connectivity index (χ1v) is 19.5. The number of aromatic hydroxyl groups is 1. The fourth-order valence-electron chi connectivity index (χ4n) is 7.29. The van der Waals surface area contributed by atoms with Gasteiger partial charge >= 0.3 is 0 Å². The van der Waals surface area contributed by atoms with Crippen molar-refractivity contribution in [3.8, 4) is 61.8 Å². The van der Waals surface area contributed by atoms with Gasteiger partial charge in [-0.05, 0) is 106 Å². The van der Waals surface area contributed by atoms with Crippen molar-refractivity contribution in [1.82, 2.24) is 9.97 Å². The Labute approximate surface area is 323 Å². The minimum Gasteiger partial charge on any atom is -0.507 e. The molecule has 0 saturated heterocycles. The Morgan fingerprint density at radius 1 is 0.481 bits per heavy atom. The summed E-state index contributed by atoms with van der Waals surface area (Å²) in [6.45, 7) is 17.6. The van der Waals surface area contributed by atoms with E-state index in [4.69, 9.17) is 9.97 Å². The second kappa shape index (κ2) is 13.4. The molecule has 0 unspecified atom stereocenters. The number of hydrogen-bond acceptors (Lipinski definition) is 4. The number of thiophene rings is 1. The number of benzene rings is 5. The summed E-state index contributed by atoms with van der Waals surface area (Å²) in [4.78, 5) is 10.3. The Hall–Kier alpha value is -5.58. The first-order chi connectivity index (χ1) is 25.7. The van der Waals surface area contributed by atoms with E-state index in [2.05, 4.69) is 158 Å². The molecule has 0 atom stereocenters. The zero-order chi connectivity index (χ0) is 37.9. The maximum atomic E-state index is 11.3. The largest absolute Gasteiger partial charge is 0.507 e. The Balaban J connectivity index is 1.28. The predicted octanol–water partition coefficient (Wildman–Crippen LogP) is 14.1. The second-order valence-corrected chi connectivity index (χ2v) is 17.7. The third kappa shape index (κ3) is 6.71. The fraction of sp³-hybridized carbons (Fsp3) is 0.200. The zero-order valence-corrected chi connectivity index (χ0v) is 33.2. The lowest BCUT2D eigenvalue weighted by atomic mass is 9.79. The summed E-state index contributed by atoms with van der Waals surface area (Å²) >= 11 is 1.85. The maximum Gasteiger partial charge on any atom is 0.127 e. The SMILES string of the molecule is Cc1cc(-c2cccc3c2sc2ccccc23)cc(-c2cccc(-c3cc(-c4cc(C(C)(C)C)cc(C(C)(C)C)c4)cc(-c4cccc(C)c4O)n3)c2)n1. The van der Waals surface area contributed by atoms with Crippen LogP contribution >= 0.6 is 11.3 Å². The highest BCUT2D eigenvalue weighted by atomic mass is 32.1. The van der Waals surface area contributed by atoms with Crippen LogP contribution < -0.4 is 0 Å². The third-order valence-electron chi connectivity index (χ3n) is 10.5. The van der Waals surface area contributed by atoms with Crippen LogP contribution in [-0.4, -0.2) is 15.1 Å². The van der Waals surface area contributed by atoms with E-state index in [1.54, 1.807) is 0 Å². The predicted molar refractivity (Wildman–Crippen MR) is 231 cm³/mol. The molecule has 0 spiro atoms. The Kier molecular flexibility index (Phi) is 8.78. The molecule has 54 heavy (non-hydrogen) atoms. The van der Waals surface area contributed by atoms with Gasteiger partial charge in [-0.3, -0.25) is 4.98 Å². The highest BCUT2D eigenvalue weighted by molar-refractivity contribution is 7.26. The topological polar surface area (TPSA) is 46.0 Å². The van der Waals surface area contributed by atoms with Gasteiger partial charge in [0.2, 0.25) is 0 Å². The van der Waals surface area contributed by atoms with Crippen LogP contribution in [0.4, 0.5) is 0 Å². The average molecular weight is 723 g/mol. The van der Waals surface area contributed by atoms with E-state index in [0.29, 0.717) is 0 Å². The number of aryl methyl sites for hydroxylation is 2. The number of phenolic OH excluding ortho intramolecular Hbond substituents is 1. The normalized spacial score (nSPS) is 12.1. The Morgan fingerprint density at radius 2 is 1.06 bits per heavy atom. The zero-order valence-electron chi connectivity index (χ0n) is 32.4. The van der Waals surface area contributed by atoms with Crippen molar-refractivity contribution < 1.29 is 5.11 Å². The van der Waals surface area contributed by atoms with Gasteiger partial charge in [-0.2, -0.15) is 0 Å². The standard InChI is InChI=1S/C50H46N2OS/c1-30-14-11-20-42(47(30)53)45-27-35(34-24-37(49(3,4)5)29-38(25-34)50(6,7)8)26-44(52-45)33-16-12-15-32(23-33)43-28-36(22-31(2)51-43)39-18-13-19-41-40-17-9-10-21-46(40)54-48(39)41/h9-29,53H,1-8H3. The molecule has 0 aliphatic carbocycles. The van der Waals surface area contributed by atoms with Crippen molar-refractivity contribution >= 4 is 31.5 Å². The van der Waals surface area contributed by atoms with E-state index in [1.165, 1.54) is 36.9 Å². The molecule has 0 saturated carbocycles. The van der Waals surface area contributed by atoms with Crippen molar-refractivity contribution in [2.24, 2.45) is 0 Å². The number of pyridine rings is 2. The lowest BCUT2D eigenvalue weighted by Gasteiger charge is -2.26. The molecule has 0 bridgehead atoms. The van der Waals surface area contributed by atoms with Crippen LogP contribution in [0.25, 0.3) is 76.2 Å². The molecule has 5 aromatic carbocycles. The van der Waals surface area contributed by atoms with E-state index < -0.39 is 0 Å². The maximum absolute atomic E-state index is 11.3. The first kappa shape index (κ1) is 35.4. The molecule has 1 N–H and O–H groups in total. The summed E-state index contributed by atoms with van der Waals surface area (Å²) < 4.78 is 2.59. The number of aromatic nitrogens is 2. The van der Waals surface area contributed by atoms with Gasteiger partial charge in [0.25, 0.3) is 0 Å². The average Bonchev–Trinajstić information content (AvgIpc) is 3.54. The Morgan fingerprint density at radius 3 is 1.78 bits per heavy atom. The molecular formula is C50H46N2OS. The fourth-order valence-corrected chi connectivity index (χ4v) is 8.53. The lowest BCUT2D eigenvalue weighted by molar-refractivity contribution is 0.473. The van der Waals surface area contributed by atoms with Crippen LogP contribution in [0.5, 0.6) is 5.75 Å². The molecule has 3 heterocycles. The van der Waals surface area contributed by atoms with Crippen LogP contribution in [0.3, 0.4) is 0 Å². The van der Waals surface area contributed by atoms with E-state index in [0.717, 1.165) is 61.7 Å². The monoisotopic (exact) mass is 722 g/mol. The van der Waals surface area contributed by atoms with Crippen molar-refractivity contribution in [2.45, 2.75) is 66.2 Å². The molecule has 0 aliphatic rings. The number of para-hydroxylation sites is 1. The van der Waals surface area contributed by atoms with Crippen LogP contribution in [0.1, 0.15) is 63.9 Å². The minimum absolute atomic E-state index is 0.0278. The molecule has 0 radical (unpaired) electrons. The van der Waals surface area contributed by atoms with Crippen molar-refractivity contribution in [2.75, 3.05) is 0 Å². The molecular weight excluding hydrogens is 677 g/mol. The van der Waals surface area contributed by atoms with Gasteiger partial charge in [-0.1, -0.05) is 126 Å². The van der Waals surface area contributed by atoms with Crippen molar-refractivity contribution in [3.63, 3.8) is 0 Å². The van der Waals surface area contributed by atoms with Gasteiger partial charge in [0.15, 0.2) is 0 Å². The van der Waals surface area contributed by atoms with Crippen LogP contribution in [0, 0.1) is 13.8 Å². The van der Waals surface area contributed by atoms with Gasteiger partial charge < -0.3 is 5.11 Å². The van der Waals surface area contributed by atoms with Gasteiger partial charge in [-0.15, -0.1) is 11.3 Å². The molecule has 8 rings (SSSR count). The number of hydrogen-bond donors (Lipinski definition) is 1. The smallest absolute Gasteiger partial charge is 0.127 e. The van der Waals surface area contributed by atoms with E-state index in [9.17, 15) is 5.11 Å². The number of nitrogens with zero attached hydrogens (tertiary/aromatic N) is 2. The summed E-state index contributed by atoms with van der Waals surface area (Å²) in [7, 11) is 0. The highest BCUT2D eigenvalue weighted by Gasteiger charge is 2.22. The summed E-state index contributed by atoms with van der Waals surface area (Å²) in [6.07, 6.45) is 0. The molecule has 3 nitrogen and oxygen atoms in total. The minimum atomic E-state index is -0.0278. The molecule has 0 fully saturated rings. The lowest BCUT2D eigenvalue weighted by Crippen LogP contribution is -2.16. The van der Waals surface area contributed by atoms with Crippen molar-refractivity contribution in [1.29, 1.82) is 0 Å². The van der Waals surface area contributed by atoms with Crippen LogP contribution in [0.2, 0.25) is 0 Å². The molecule has 268 valence electrons. The van der Waals surface area contributed by atoms with E-state index in [1.807, 2.05) is 36.5 Å². The molecule has 3 aromatic heterocycles. The number of phenols is 1. The molecule has 0 aliphatic heterocycles. The first-order valence-electron chi connectivity index (χ1n) is 18.7. The van der Waals surface area contributed by atoms with Crippen LogP contribution in [0.15, 0.2) is 127 Å². The second-order valence-electron chi connectivity index (χ2n) is 16.6. The number of rotatable bonds is 5. The highest BCUT2D eigenvalue weighted by Crippen LogP contribution is 2.42. The quantitative estimate of drug-likeness (QED) is 0.192. The number of fused-ring (bicyclic) bond motifs is 3. The summed E-state index contributed by atoms with van der Waals surface area (Å²) in [5.74, 6) is 0.255. The van der Waals surface area contributed by atoms with Gasteiger partial charge in [0.1, 0.15) is 5.75 Å². The summed E-state index contributed by atoms with van der Waals surface area (Å²) in [6, 6.07) is 45.4. The van der Waals surface area contributed by atoms with Gasteiger partial charge in [0.05, 0.1) is 17.1 Å². The molecule has 0 amide bonds. The van der Waals surface area contributed by atoms with Gasteiger partial charge in [0, 0.05) is 42.6 Å². The Bertz CT molecular complexity index is 2690. The van der Waals surface area contributed by atoms with Crippen LogP contribution in [-0.2, 0) is 10.8 Å². The molecule has 4 heteroatoms. The van der Waals surface area contributed by atoms with Crippen molar-refractivity contribution in [3.05, 3.63) is 150 Å². The van der Waals surface area contributed by atoms with E-state index in [-0.39, 0.29) is 16.6 Å². The molecule has 8 aromatic rings. The summed E-state index contributed by atoms with van der Waals surface area (Å²) in [5.41, 5.74) is 14.1. The van der Waals surface area contributed by atoms with E-state index >= 15 is 0 Å². The third-order valence-corrected chi connectivity index (χ3v) is 11.7. The van der Waals surface area contributed by atoms with Gasteiger partial charge in [-0.25, -0.2) is 4.98 Å².